The Bertz CT molecular complexity index is 897. The molecule has 0 aliphatic heterocycles. The van der Waals surface area contributed by atoms with E-state index in [1.54, 1.807) is 13.2 Å². The number of furan rings is 1. The molecule has 0 saturated heterocycles. The SMILES string of the molecule is CCOC(=O)C(F)=C[C@H]1[C@@H](C(=O)OCc2coc(Cc3ccccc3)c2)C1(C)C. The Labute approximate surface area is 169 Å². The summed E-state index contributed by atoms with van der Waals surface area (Å²) in [7, 11) is 0. The Kier molecular flexibility index (Phi) is 6.20. The molecule has 2 aromatic rings. The highest BCUT2D eigenvalue weighted by atomic mass is 19.1. The number of hydrogen-bond donors (Lipinski definition) is 0. The molecule has 29 heavy (non-hydrogen) atoms. The minimum atomic E-state index is -1.01. The smallest absolute Gasteiger partial charge is 0.366 e. The Hall–Kier alpha value is -2.89. The van der Waals surface area contributed by atoms with Crippen LogP contribution in [0.25, 0.3) is 0 Å². The average Bonchev–Trinajstić information content (AvgIpc) is 3.01. The monoisotopic (exact) mass is 400 g/mol. The molecule has 0 unspecified atom stereocenters. The van der Waals surface area contributed by atoms with E-state index >= 15 is 0 Å². The first-order chi connectivity index (χ1) is 13.8. The van der Waals surface area contributed by atoms with E-state index < -0.39 is 35.0 Å². The summed E-state index contributed by atoms with van der Waals surface area (Å²) < 4.78 is 29.5. The first kappa shape index (κ1) is 20.8. The lowest BCUT2D eigenvalue weighted by molar-refractivity contribution is -0.147. The molecule has 0 radical (unpaired) electrons. The summed E-state index contributed by atoms with van der Waals surface area (Å²) >= 11 is 0. The highest BCUT2D eigenvalue weighted by molar-refractivity contribution is 5.86. The summed E-state index contributed by atoms with van der Waals surface area (Å²) in [6.45, 7) is 5.47. The fourth-order valence-corrected chi connectivity index (χ4v) is 3.50. The van der Waals surface area contributed by atoms with Crippen molar-refractivity contribution in [1.82, 2.24) is 0 Å². The molecule has 1 aromatic heterocycles. The summed E-state index contributed by atoms with van der Waals surface area (Å²) in [5, 5.41) is 0. The van der Waals surface area contributed by atoms with E-state index in [9.17, 15) is 14.0 Å². The second-order valence-corrected chi connectivity index (χ2v) is 7.75. The van der Waals surface area contributed by atoms with Gasteiger partial charge < -0.3 is 13.9 Å². The van der Waals surface area contributed by atoms with Crippen molar-refractivity contribution in [2.24, 2.45) is 17.3 Å². The van der Waals surface area contributed by atoms with Gasteiger partial charge in [0.25, 0.3) is 0 Å². The van der Waals surface area contributed by atoms with Crippen LogP contribution in [0.4, 0.5) is 4.39 Å². The van der Waals surface area contributed by atoms with E-state index in [-0.39, 0.29) is 13.2 Å². The van der Waals surface area contributed by atoms with Crippen LogP contribution in [-0.4, -0.2) is 18.5 Å². The number of ether oxygens (including phenoxy) is 2. The van der Waals surface area contributed by atoms with Crippen molar-refractivity contribution < 1.29 is 27.9 Å². The number of benzene rings is 1. The summed E-state index contributed by atoms with van der Waals surface area (Å²) in [4.78, 5) is 23.9. The van der Waals surface area contributed by atoms with Gasteiger partial charge in [-0.05, 0) is 36.0 Å². The summed E-state index contributed by atoms with van der Waals surface area (Å²) in [6.07, 6.45) is 3.39. The number of esters is 2. The lowest BCUT2D eigenvalue weighted by atomic mass is 10.1. The Morgan fingerprint density at radius 1 is 1.17 bits per heavy atom. The van der Waals surface area contributed by atoms with Crippen LogP contribution in [0.5, 0.6) is 0 Å². The number of hydrogen-bond acceptors (Lipinski definition) is 5. The van der Waals surface area contributed by atoms with Gasteiger partial charge in [-0.3, -0.25) is 4.79 Å². The van der Waals surface area contributed by atoms with E-state index in [0.29, 0.717) is 6.42 Å². The molecule has 0 bridgehead atoms. The van der Waals surface area contributed by atoms with Gasteiger partial charge in [0.2, 0.25) is 5.83 Å². The van der Waals surface area contributed by atoms with Crippen LogP contribution in [0.2, 0.25) is 0 Å². The Morgan fingerprint density at radius 3 is 2.59 bits per heavy atom. The molecule has 1 heterocycles. The first-order valence-electron chi connectivity index (χ1n) is 9.64. The van der Waals surface area contributed by atoms with Gasteiger partial charge in [-0.1, -0.05) is 44.2 Å². The van der Waals surface area contributed by atoms with E-state index in [1.807, 2.05) is 50.2 Å². The highest BCUT2D eigenvalue weighted by Crippen LogP contribution is 2.60. The van der Waals surface area contributed by atoms with Crippen LogP contribution in [0.3, 0.4) is 0 Å². The maximum absolute atomic E-state index is 13.9. The molecule has 1 aliphatic carbocycles. The maximum Gasteiger partial charge on any atom is 0.366 e. The summed E-state index contributed by atoms with van der Waals surface area (Å²) in [5.41, 5.74) is 1.41. The van der Waals surface area contributed by atoms with Crippen molar-refractivity contribution in [3.05, 3.63) is 71.5 Å². The quantitative estimate of drug-likeness (QED) is 0.479. The number of carbonyl (C=O) groups excluding carboxylic acids is 2. The summed E-state index contributed by atoms with van der Waals surface area (Å²) in [6, 6.07) is 11.8. The zero-order valence-electron chi connectivity index (χ0n) is 16.8. The van der Waals surface area contributed by atoms with Crippen molar-refractivity contribution in [1.29, 1.82) is 0 Å². The zero-order chi connectivity index (χ0) is 21.0. The van der Waals surface area contributed by atoms with Crippen molar-refractivity contribution in [2.75, 3.05) is 6.61 Å². The number of halogens is 1. The van der Waals surface area contributed by atoms with Crippen LogP contribution in [0.1, 0.15) is 37.7 Å². The molecule has 1 saturated carbocycles. The molecule has 1 fully saturated rings. The second kappa shape index (κ2) is 8.64. The minimum Gasteiger partial charge on any atom is -0.469 e. The highest BCUT2D eigenvalue weighted by Gasteiger charge is 2.62. The summed E-state index contributed by atoms with van der Waals surface area (Å²) in [5.74, 6) is -2.52. The van der Waals surface area contributed by atoms with Crippen LogP contribution in [-0.2, 0) is 32.1 Å². The Balaban J connectivity index is 1.54. The van der Waals surface area contributed by atoms with Gasteiger partial charge in [0, 0.05) is 12.0 Å². The van der Waals surface area contributed by atoms with Gasteiger partial charge in [0.1, 0.15) is 12.4 Å². The molecular weight excluding hydrogens is 375 g/mol. The third-order valence-corrected chi connectivity index (χ3v) is 5.27. The third-order valence-electron chi connectivity index (χ3n) is 5.27. The second-order valence-electron chi connectivity index (χ2n) is 7.75. The van der Waals surface area contributed by atoms with E-state index in [4.69, 9.17) is 9.15 Å². The topological polar surface area (TPSA) is 65.7 Å². The number of rotatable bonds is 8. The fourth-order valence-electron chi connectivity index (χ4n) is 3.50. The van der Waals surface area contributed by atoms with Crippen molar-refractivity contribution in [3.63, 3.8) is 0 Å². The van der Waals surface area contributed by atoms with Crippen molar-refractivity contribution in [2.45, 2.75) is 33.8 Å². The minimum absolute atomic E-state index is 0.0838. The van der Waals surface area contributed by atoms with Crippen molar-refractivity contribution in [3.8, 4) is 0 Å². The molecule has 3 rings (SSSR count). The third kappa shape index (κ3) is 4.94. The van der Waals surface area contributed by atoms with Gasteiger partial charge in [-0.2, -0.15) is 4.39 Å². The molecule has 0 spiro atoms. The molecule has 0 amide bonds. The Morgan fingerprint density at radius 2 is 1.90 bits per heavy atom. The van der Waals surface area contributed by atoms with Gasteiger partial charge in [0.05, 0.1) is 18.8 Å². The molecule has 0 N–H and O–H groups in total. The van der Waals surface area contributed by atoms with E-state index in [1.165, 1.54) is 6.08 Å². The lowest BCUT2D eigenvalue weighted by Gasteiger charge is -2.03. The normalized spacial score (nSPS) is 20.2. The molecule has 154 valence electrons. The van der Waals surface area contributed by atoms with Crippen LogP contribution in [0, 0.1) is 17.3 Å². The van der Waals surface area contributed by atoms with Crippen LogP contribution in [0.15, 0.2) is 59.0 Å². The maximum atomic E-state index is 13.9. The van der Waals surface area contributed by atoms with E-state index in [2.05, 4.69) is 4.74 Å². The molecule has 5 nitrogen and oxygen atoms in total. The van der Waals surface area contributed by atoms with Gasteiger partial charge in [0.15, 0.2) is 0 Å². The fraction of sp³-hybridized carbons (Fsp3) is 0.391. The average molecular weight is 400 g/mol. The lowest BCUT2D eigenvalue weighted by Crippen LogP contribution is -2.10. The zero-order valence-corrected chi connectivity index (χ0v) is 16.8. The van der Waals surface area contributed by atoms with Crippen LogP contribution < -0.4 is 0 Å². The molecule has 6 heteroatoms. The van der Waals surface area contributed by atoms with Gasteiger partial charge in [-0.15, -0.1) is 0 Å². The van der Waals surface area contributed by atoms with Gasteiger partial charge >= 0.3 is 11.9 Å². The van der Waals surface area contributed by atoms with Crippen LogP contribution >= 0.6 is 0 Å². The number of allylic oxidation sites excluding steroid dienone is 1. The van der Waals surface area contributed by atoms with Crippen molar-refractivity contribution >= 4 is 11.9 Å². The standard InChI is InChI=1S/C23H25FO5/c1-4-27-21(25)19(24)12-18-20(23(18,2)3)22(26)29-14-16-11-17(28-13-16)10-15-8-6-5-7-9-15/h5-9,11-13,18,20H,4,10,14H2,1-3H3/t18-,20-/m0/s1. The predicted molar refractivity (Wildman–Crippen MR) is 104 cm³/mol. The molecule has 1 aromatic carbocycles. The largest absolute Gasteiger partial charge is 0.469 e. The molecule has 1 aliphatic rings. The predicted octanol–water partition coefficient (Wildman–Crippen LogP) is 4.60. The van der Waals surface area contributed by atoms with E-state index in [0.717, 1.165) is 16.9 Å². The number of carbonyl (C=O) groups is 2. The molecular formula is C23H25FO5. The molecule has 2 atom stereocenters. The van der Waals surface area contributed by atoms with Gasteiger partial charge in [-0.25, -0.2) is 4.79 Å². The first-order valence-corrected chi connectivity index (χ1v) is 9.64.